The van der Waals surface area contributed by atoms with Gasteiger partial charge in [-0.15, -0.1) is 0 Å². The number of pyridine rings is 1. The lowest BCUT2D eigenvalue weighted by Crippen LogP contribution is -1.99. The molecule has 0 bridgehead atoms. The van der Waals surface area contributed by atoms with Crippen molar-refractivity contribution in [2.75, 3.05) is 17.7 Å². The molecule has 0 atom stereocenters. The highest BCUT2D eigenvalue weighted by atomic mass is 15.1. The van der Waals surface area contributed by atoms with Crippen molar-refractivity contribution in [1.82, 2.24) is 15.0 Å². The van der Waals surface area contributed by atoms with E-state index in [1.54, 1.807) is 6.20 Å². The quantitative estimate of drug-likeness (QED) is 0.819. The van der Waals surface area contributed by atoms with E-state index in [9.17, 15) is 0 Å². The van der Waals surface area contributed by atoms with E-state index in [0.29, 0.717) is 0 Å². The largest absolute Gasteiger partial charge is 0.373 e. The molecule has 2 N–H and O–H groups in total. The van der Waals surface area contributed by atoms with Gasteiger partial charge in [-0.2, -0.15) is 0 Å². The first-order chi connectivity index (χ1) is 7.78. The van der Waals surface area contributed by atoms with Crippen molar-refractivity contribution in [2.24, 2.45) is 0 Å². The summed E-state index contributed by atoms with van der Waals surface area (Å²) in [5, 5.41) is 6.07. The summed E-state index contributed by atoms with van der Waals surface area (Å²) in [4.78, 5) is 12.3. The highest BCUT2D eigenvalue weighted by molar-refractivity contribution is 5.55. The zero-order valence-electron chi connectivity index (χ0n) is 9.23. The zero-order valence-corrected chi connectivity index (χ0v) is 9.23. The van der Waals surface area contributed by atoms with Crippen LogP contribution in [0.1, 0.15) is 5.56 Å². The molecule has 2 rings (SSSR count). The first kappa shape index (κ1) is 10.4. The minimum Gasteiger partial charge on any atom is -0.373 e. The normalized spacial score (nSPS) is 9.88. The smallest absolute Gasteiger partial charge is 0.137 e. The number of aromatic nitrogens is 3. The molecule has 16 heavy (non-hydrogen) atoms. The SMILES string of the molecule is CNc1cc(Nc2cc(C)ccn2)ncn1. The average molecular weight is 215 g/mol. The molecule has 82 valence electrons. The molecular weight excluding hydrogens is 202 g/mol. The van der Waals surface area contributed by atoms with E-state index in [-0.39, 0.29) is 0 Å². The van der Waals surface area contributed by atoms with E-state index >= 15 is 0 Å². The third kappa shape index (κ3) is 2.44. The van der Waals surface area contributed by atoms with Crippen LogP contribution in [0.15, 0.2) is 30.7 Å². The lowest BCUT2D eigenvalue weighted by Gasteiger charge is -2.06. The van der Waals surface area contributed by atoms with Gasteiger partial charge in [-0.3, -0.25) is 0 Å². The van der Waals surface area contributed by atoms with Gasteiger partial charge < -0.3 is 10.6 Å². The average Bonchev–Trinajstić information content (AvgIpc) is 2.29. The molecule has 0 spiro atoms. The lowest BCUT2D eigenvalue weighted by atomic mass is 10.3. The van der Waals surface area contributed by atoms with Gasteiger partial charge in [-0.25, -0.2) is 15.0 Å². The second kappa shape index (κ2) is 4.57. The minimum atomic E-state index is 0.720. The van der Waals surface area contributed by atoms with Gasteiger partial charge in [0, 0.05) is 19.3 Å². The second-order valence-electron chi connectivity index (χ2n) is 3.38. The standard InChI is InChI=1S/C11H13N5/c1-8-3-4-13-10(5-8)16-11-6-9(12-2)14-7-15-11/h3-7H,1-2H3,(H2,12,13,14,15,16). The number of hydrogen-bond acceptors (Lipinski definition) is 5. The molecule has 0 saturated heterocycles. The Labute approximate surface area is 94.0 Å². The summed E-state index contributed by atoms with van der Waals surface area (Å²) in [6.45, 7) is 2.02. The third-order valence-electron chi connectivity index (χ3n) is 2.09. The van der Waals surface area contributed by atoms with Crippen LogP contribution in [0.4, 0.5) is 17.5 Å². The van der Waals surface area contributed by atoms with Gasteiger partial charge in [0.2, 0.25) is 0 Å². The Morgan fingerprint density at radius 1 is 1.00 bits per heavy atom. The van der Waals surface area contributed by atoms with Crippen LogP contribution in [-0.2, 0) is 0 Å². The van der Waals surface area contributed by atoms with Crippen molar-refractivity contribution in [1.29, 1.82) is 0 Å². The van der Waals surface area contributed by atoms with E-state index < -0.39 is 0 Å². The molecule has 2 aromatic rings. The van der Waals surface area contributed by atoms with Gasteiger partial charge in [0.1, 0.15) is 23.8 Å². The number of nitrogens with zero attached hydrogens (tertiary/aromatic N) is 3. The van der Waals surface area contributed by atoms with Crippen LogP contribution >= 0.6 is 0 Å². The van der Waals surface area contributed by atoms with Crippen molar-refractivity contribution in [3.05, 3.63) is 36.3 Å². The van der Waals surface area contributed by atoms with Crippen molar-refractivity contribution in [3.8, 4) is 0 Å². The van der Waals surface area contributed by atoms with Crippen molar-refractivity contribution in [2.45, 2.75) is 6.92 Å². The maximum Gasteiger partial charge on any atom is 0.137 e. The first-order valence-corrected chi connectivity index (χ1v) is 4.97. The molecule has 0 unspecified atom stereocenters. The van der Waals surface area contributed by atoms with Crippen LogP contribution in [0.3, 0.4) is 0 Å². The Morgan fingerprint density at radius 3 is 2.50 bits per heavy atom. The van der Waals surface area contributed by atoms with Gasteiger partial charge in [-0.05, 0) is 24.6 Å². The Bertz CT molecular complexity index is 483. The van der Waals surface area contributed by atoms with Crippen LogP contribution in [0.25, 0.3) is 0 Å². The predicted molar refractivity (Wildman–Crippen MR) is 63.8 cm³/mol. The topological polar surface area (TPSA) is 62.7 Å². The van der Waals surface area contributed by atoms with Crippen LogP contribution in [0.5, 0.6) is 0 Å². The van der Waals surface area contributed by atoms with Crippen molar-refractivity contribution < 1.29 is 0 Å². The van der Waals surface area contributed by atoms with E-state index in [2.05, 4.69) is 25.6 Å². The summed E-state index contributed by atoms with van der Waals surface area (Å²) in [6, 6.07) is 5.73. The molecule has 0 fully saturated rings. The first-order valence-electron chi connectivity index (χ1n) is 4.97. The summed E-state index contributed by atoms with van der Waals surface area (Å²) >= 11 is 0. The van der Waals surface area contributed by atoms with Gasteiger partial charge >= 0.3 is 0 Å². The van der Waals surface area contributed by atoms with Crippen LogP contribution in [-0.4, -0.2) is 22.0 Å². The van der Waals surface area contributed by atoms with E-state index in [1.165, 1.54) is 6.33 Å². The fraction of sp³-hybridized carbons (Fsp3) is 0.182. The Morgan fingerprint density at radius 2 is 1.75 bits per heavy atom. The molecule has 0 aliphatic rings. The van der Waals surface area contributed by atoms with Crippen LogP contribution in [0.2, 0.25) is 0 Å². The van der Waals surface area contributed by atoms with Gasteiger partial charge in [0.15, 0.2) is 0 Å². The summed E-state index contributed by atoms with van der Waals surface area (Å²) in [7, 11) is 1.82. The molecule has 0 saturated carbocycles. The molecular formula is C11H13N5. The third-order valence-corrected chi connectivity index (χ3v) is 2.09. The monoisotopic (exact) mass is 215 g/mol. The predicted octanol–water partition coefficient (Wildman–Crippen LogP) is 1.97. The van der Waals surface area contributed by atoms with E-state index in [0.717, 1.165) is 23.0 Å². The maximum atomic E-state index is 4.20. The number of hydrogen-bond donors (Lipinski definition) is 2. The molecule has 2 heterocycles. The summed E-state index contributed by atoms with van der Waals surface area (Å²) < 4.78 is 0. The second-order valence-corrected chi connectivity index (χ2v) is 3.38. The molecule has 0 radical (unpaired) electrons. The fourth-order valence-corrected chi connectivity index (χ4v) is 1.30. The van der Waals surface area contributed by atoms with Gasteiger partial charge in [0.05, 0.1) is 0 Å². The number of rotatable bonds is 3. The molecule has 2 aromatic heterocycles. The number of nitrogens with one attached hydrogen (secondary N) is 2. The molecule has 0 amide bonds. The van der Waals surface area contributed by atoms with Crippen LogP contribution in [0, 0.1) is 6.92 Å². The highest BCUT2D eigenvalue weighted by Gasteiger charge is 1.99. The van der Waals surface area contributed by atoms with Crippen molar-refractivity contribution >= 4 is 17.5 Å². The molecule has 5 nitrogen and oxygen atoms in total. The maximum absolute atomic E-state index is 4.20. The summed E-state index contributed by atoms with van der Waals surface area (Å²) in [5.41, 5.74) is 1.15. The fourth-order valence-electron chi connectivity index (χ4n) is 1.30. The number of aryl methyl sites for hydroxylation is 1. The van der Waals surface area contributed by atoms with Gasteiger partial charge in [-0.1, -0.05) is 0 Å². The summed E-state index contributed by atoms with van der Waals surface area (Å²) in [6.07, 6.45) is 3.27. The van der Waals surface area contributed by atoms with Crippen molar-refractivity contribution in [3.63, 3.8) is 0 Å². The summed E-state index contributed by atoms with van der Waals surface area (Å²) in [5.74, 6) is 2.27. The molecule has 0 aliphatic heterocycles. The molecule has 0 aliphatic carbocycles. The number of anilines is 3. The molecule has 5 heteroatoms. The van der Waals surface area contributed by atoms with E-state index in [1.807, 2.05) is 32.2 Å². The molecule has 0 aromatic carbocycles. The van der Waals surface area contributed by atoms with Gasteiger partial charge in [0.25, 0.3) is 0 Å². The van der Waals surface area contributed by atoms with Crippen LogP contribution < -0.4 is 10.6 Å². The Balaban J connectivity index is 2.20. The van der Waals surface area contributed by atoms with E-state index in [4.69, 9.17) is 0 Å². The minimum absolute atomic E-state index is 0.720. The Hall–Kier alpha value is -2.17. The Kier molecular flexibility index (Phi) is 2.95. The lowest BCUT2D eigenvalue weighted by molar-refractivity contribution is 1.15. The highest BCUT2D eigenvalue weighted by Crippen LogP contribution is 2.14. The zero-order chi connectivity index (χ0) is 11.4.